The maximum Gasteiger partial charge on any atom is 0.255 e. The zero-order valence-corrected chi connectivity index (χ0v) is 15.8. The molecule has 0 unspecified atom stereocenters. The number of nitrogens with zero attached hydrogens (tertiary/aromatic N) is 4. The van der Waals surface area contributed by atoms with Gasteiger partial charge in [0.1, 0.15) is 0 Å². The summed E-state index contributed by atoms with van der Waals surface area (Å²) in [5.74, 6) is 0.677. The molecule has 6 nitrogen and oxygen atoms in total. The second-order valence-electron chi connectivity index (χ2n) is 7.62. The van der Waals surface area contributed by atoms with Crippen LogP contribution in [0.1, 0.15) is 41.9 Å². The molecule has 3 aromatic rings. The molecule has 0 atom stereocenters. The molecule has 2 aliphatic heterocycles. The van der Waals surface area contributed by atoms with Crippen molar-refractivity contribution in [2.24, 2.45) is 4.99 Å². The Hall–Kier alpha value is -2.86. The predicted molar refractivity (Wildman–Crippen MR) is 110 cm³/mol. The number of hydrogen-bond acceptors (Lipinski definition) is 5. The van der Waals surface area contributed by atoms with E-state index in [-0.39, 0.29) is 5.56 Å². The van der Waals surface area contributed by atoms with Crippen LogP contribution in [0.3, 0.4) is 0 Å². The van der Waals surface area contributed by atoms with Gasteiger partial charge in [-0.2, -0.15) is 0 Å². The standard InChI is InChI=1S/C22H23N5O/c28-22-17-14-27(13-15-11-16-5-1-2-6-18(16)24-12-15)10-8-19(17)25-21(26-22)20-7-3-4-9-23-20/h1-2,5-6,11-12H,3-4,7-10,13-14H2,(H,25,26,28). The van der Waals surface area contributed by atoms with Gasteiger partial charge in [0.25, 0.3) is 5.56 Å². The summed E-state index contributed by atoms with van der Waals surface area (Å²) in [5.41, 5.74) is 4.83. The van der Waals surface area contributed by atoms with Crippen LogP contribution in [0.5, 0.6) is 0 Å². The fourth-order valence-electron chi connectivity index (χ4n) is 4.10. The van der Waals surface area contributed by atoms with Gasteiger partial charge in [0.2, 0.25) is 0 Å². The van der Waals surface area contributed by atoms with Crippen molar-refractivity contribution in [1.82, 2.24) is 19.9 Å². The summed E-state index contributed by atoms with van der Waals surface area (Å²) < 4.78 is 0. The highest BCUT2D eigenvalue weighted by molar-refractivity contribution is 5.97. The molecule has 28 heavy (non-hydrogen) atoms. The fraction of sp³-hybridized carbons (Fsp3) is 0.364. The Labute approximate surface area is 163 Å². The number of rotatable bonds is 3. The molecular formula is C22H23N5O. The third-order valence-electron chi connectivity index (χ3n) is 5.60. The van der Waals surface area contributed by atoms with Crippen LogP contribution in [-0.4, -0.2) is 38.7 Å². The zero-order chi connectivity index (χ0) is 18.9. The zero-order valence-electron chi connectivity index (χ0n) is 15.8. The lowest BCUT2D eigenvalue weighted by Crippen LogP contribution is -2.36. The van der Waals surface area contributed by atoms with Crippen LogP contribution < -0.4 is 5.56 Å². The number of aromatic amines is 1. The molecular weight excluding hydrogens is 350 g/mol. The van der Waals surface area contributed by atoms with E-state index in [1.54, 1.807) is 0 Å². The second kappa shape index (κ2) is 7.28. The number of fused-ring (bicyclic) bond motifs is 2. The number of nitrogens with one attached hydrogen (secondary N) is 1. The van der Waals surface area contributed by atoms with Gasteiger partial charge in [-0.1, -0.05) is 18.2 Å². The SMILES string of the molecule is O=c1[nH]c(C2=NCCCC2)nc2c1CN(Cc1cnc3ccccc3c1)CC2. The number of aliphatic imine (C=N–C) groups is 1. The van der Waals surface area contributed by atoms with Gasteiger partial charge < -0.3 is 4.98 Å². The molecule has 2 aliphatic rings. The van der Waals surface area contributed by atoms with Crippen molar-refractivity contribution in [3.63, 3.8) is 0 Å². The Morgan fingerprint density at radius 1 is 1.14 bits per heavy atom. The van der Waals surface area contributed by atoms with E-state index in [0.717, 1.165) is 73.2 Å². The lowest BCUT2D eigenvalue weighted by Gasteiger charge is -2.28. The van der Waals surface area contributed by atoms with Crippen LogP contribution in [0.15, 0.2) is 46.3 Å². The van der Waals surface area contributed by atoms with Crippen LogP contribution >= 0.6 is 0 Å². The molecule has 6 heteroatoms. The molecule has 5 rings (SSSR count). The molecule has 142 valence electrons. The highest BCUT2D eigenvalue weighted by Gasteiger charge is 2.22. The van der Waals surface area contributed by atoms with Gasteiger partial charge in [-0.3, -0.25) is 19.7 Å². The van der Waals surface area contributed by atoms with Crippen LogP contribution in [-0.2, 0) is 19.5 Å². The number of aromatic nitrogens is 3. The van der Waals surface area contributed by atoms with E-state index in [4.69, 9.17) is 4.98 Å². The van der Waals surface area contributed by atoms with Crippen LogP contribution in [0.25, 0.3) is 10.9 Å². The van der Waals surface area contributed by atoms with E-state index < -0.39 is 0 Å². The third-order valence-corrected chi connectivity index (χ3v) is 5.60. The first-order valence-electron chi connectivity index (χ1n) is 9.98. The van der Waals surface area contributed by atoms with E-state index >= 15 is 0 Å². The minimum absolute atomic E-state index is 0.0189. The van der Waals surface area contributed by atoms with E-state index in [1.165, 1.54) is 5.56 Å². The van der Waals surface area contributed by atoms with Crippen LogP contribution in [0.2, 0.25) is 0 Å². The number of hydrogen-bond donors (Lipinski definition) is 1. The summed E-state index contributed by atoms with van der Waals surface area (Å²) in [5, 5.41) is 1.15. The molecule has 0 aliphatic carbocycles. The first kappa shape index (κ1) is 17.3. The molecule has 2 aromatic heterocycles. The van der Waals surface area contributed by atoms with Crippen molar-refractivity contribution < 1.29 is 0 Å². The monoisotopic (exact) mass is 373 g/mol. The number of H-pyrrole nitrogens is 1. The average molecular weight is 373 g/mol. The van der Waals surface area contributed by atoms with Crippen molar-refractivity contribution in [3.05, 3.63) is 69.5 Å². The second-order valence-corrected chi connectivity index (χ2v) is 7.62. The quantitative estimate of drug-likeness (QED) is 0.766. The first-order chi connectivity index (χ1) is 13.8. The largest absolute Gasteiger partial charge is 0.305 e. The van der Waals surface area contributed by atoms with Crippen molar-refractivity contribution in [3.8, 4) is 0 Å². The first-order valence-corrected chi connectivity index (χ1v) is 9.98. The highest BCUT2D eigenvalue weighted by Crippen LogP contribution is 2.19. The van der Waals surface area contributed by atoms with Gasteiger partial charge in [-0.05, 0) is 37.0 Å². The van der Waals surface area contributed by atoms with E-state index in [1.807, 2.05) is 24.4 Å². The molecule has 4 heterocycles. The lowest BCUT2D eigenvalue weighted by molar-refractivity contribution is 0.241. The lowest BCUT2D eigenvalue weighted by atomic mass is 10.0. The van der Waals surface area contributed by atoms with Crippen molar-refractivity contribution in [2.75, 3.05) is 13.1 Å². The van der Waals surface area contributed by atoms with Gasteiger partial charge >= 0.3 is 0 Å². The predicted octanol–water partition coefficient (Wildman–Crippen LogP) is 2.85. The molecule has 0 saturated heterocycles. The molecule has 0 spiro atoms. The normalized spacial score (nSPS) is 17.4. The average Bonchev–Trinajstić information content (AvgIpc) is 2.74. The third kappa shape index (κ3) is 3.36. The van der Waals surface area contributed by atoms with Gasteiger partial charge in [-0.25, -0.2) is 4.98 Å². The molecule has 1 N–H and O–H groups in total. The minimum atomic E-state index is -0.0189. The summed E-state index contributed by atoms with van der Waals surface area (Å²) in [6.07, 6.45) is 5.87. The van der Waals surface area contributed by atoms with Crippen molar-refractivity contribution in [2.45, 2.75) is 38.8 Å². The summed E-state index contributed by atoms with van der Waals surface area (Å²) in [4.78, 5) is 31.8. The number of benzene rings is 1. The number of pyridine rings is 1. The van der Waals surface area contributed by atoms with Crippen LogP contribution in [0.4, 0.5) is 0 Å². The van der Waals surface area contributed by atoms with E-state index in [9.17, 15) is 4.79 Å². The Morgan fingerprint density at radius 2 is 2.07 bits per heavy atom. The smallest absolute Gasteiger partial charge is 0.255 e. The topological polar surface area (TPSA) is 74.2 Å². The van der Waals surface area contributed by atoms with Crippen molar-refractivity contribution >= 4 is 16.6 Å². The summed E-state index contributed by atoms with van der Waals surface area (Å²) in [7, 11) is 0. The van der Waals surface area contributed by atoms with Gasteiger partial charge in [0, 0.05) is 44.2 Å². The molecule has 0 fully saturated rings. The minimum Gasteiger partial charge on any atom is -0.305 e. The summed E-state index contributed by atoms with van der Waals surface area (Å²) >= 11 is 0. The van der Waals surface area contributed by atoms with Gasteiger partial charge in [0.05, 0.1) is 22.5 Å². The number of para-hydroxylation sites is 1. The maximum absolute atomic E-state index is 12.7. The molecule has 0 saturated carbocycles. The van der Waals surface area contributed by atoms with E-state index in [2.05, 4.69) is 32.0 Å². The summed E-state index contributed by atoms with van der Waals surface area (Å²) in [6, 6.07) is 10.3. The maximum atomic E-state index is 12.7. The molecule has 1 aromatic carbocycles. The Kier molecular flexibility index (Phi) is 4.49. The van der Waals surface area contributed by atoms with Crippen LogP contribution in [0, 0.1) is 0 Å². The highest BCUT2D eigenvalue weighted by atomic mass is 16.1. The van der Waals surface area contributed by atoms with Gasteiger partial charge in [-0.15, -0.1) is 0 Å². The molecule has 0 bridgehead atoms. The Bertz CT molecular complexity index is 1120. The Morgan fingerprint density at radius 3 is 2.96 bits per heavy atom. The molecule has 0 amide bonds. The van der Waals surface area contributed by atoms with Gasteiger partial charge in [0.15, 0.2) is 5.82 Å². The van der Waals surface area contributed by atoms with Crippen molar-refractivity contribution in [1.29, 1.82) is 0 Å². The Balaban J connectivity index is 1.37. The fourth-order valence-corrected chi connectivity index (χ4v) is 4.10. The van der Waals surface area contributed by atoms with E-state index in [0.29, 0.717) is 12.4 Å². The summed E-state index contributed by atoms with van der Waals surface area (Å²) in [6.45, 7) is 3.13. The molecule has 0 radical (unpaired) electrons.